The number of allylic oxidation sites excluding steroid dienone is 10. The number of carbonyl (C=O) groups is 2. The molecule has 0 heterocycles. The van der Waals surface area contributed by atoms with E-state index in [-0.39, 0.29) is 37.1 Å². The average Bonchev–Trinajstić information content (AvgIpc) is 2.48. The van der Waals surface area contributed by atoms with Gasteiger partial charge in [-0.2, -0.15) is 0 Å². The minimum absolute atomic E-state index is 0. The molecule has 2 aliphatic carbocycles. The van der Waals surface area contributed by atoms with Crippen molar-refractivity contribution < 1.29 is 29.1 Å². The molecule has 22 heavy (non-hydrogen) atoms. The van der Waals surface area contributed by atoms with Gasteiger partial charge in [-0.15, -0.1) is 0 Å². The van der Waals surface area contributed by atoms with Gasteiger partial charge in [0.1, 0.15) is 0 Å². The van der Waals surface area contributed by atoms with Gasteiger partial charge in [0.2, 0.25) is 0 Å². The molecule has 0 aromatic heterocycles. The van der Waals surface area contributed by atoms with Crippen LogP contribution in [0.1, 0.15) is 6.92 Å². The molecule has 2 rings (SSSR count). The summed E-state index contributed by atoms with van der Waals surface area (Å²) >= 11 is 0. The zero-order valence-corrected chi connectivity index (χ0v) is 15.5. The predicted molar refractivity (Wildman–Crippen MR) is 83.3 cm³/mol. The van der Waals surface area contributed by atoms with Gasteiger partial charge in [-0.3, -0.25) is 9.59 Å². The smallest absolute Gasteiger partial charge is 0.187 e. The van der Waals surface area contributed by atoms with Crippen LogP contribution in [0.3, 0.4) is 0 Å². The molecule has 0 saturated heterocycles. The van der Waals surface area contributed by atoms with Crippen molar-refractivity contribution in [3.8, 4) is 0 Å². The van der Waals surface area contributed by atoms with Crippen molar-refractivity contribution in [1.82, 2.24) is 10.6 Å². The second-order valence-electron chi connectivity index (χ2n) is 4.84. The predicted octanol–water partition coefficient (Wildman–Crippen LogP) is 1.71. The van der Waals surface area contributed by atoms with Gasteiger partial charge in [0.25, 0.3) is 0 Å². The second-order valence-corrected chi connectivity index (χ2v) is 4.84. The molecule has 1 atom stereocenters. The first kappa shape index (κ1) is 18.1. The summed E-state index contributed by atoms with van der Waals surface area (Å²) < 4.78 is 0. The van der Waals surface area contributed by atoms with Crippen molar-refractivity contribution in [3.63, 3.8) is 0 Å². The van der Waals surface area contributed by atoms with E-state index in [0.29, 0.717) is 17.7 Å². The normalized spacial score (nSPS) is 21.1. The SMILES string of the molecule is CC(CN/C=C1/C=CC=CC1=O)N/C=C1/C=CC=CC1=O.[Zn]. The molecular weight excluding hydrogens is 330 g/mol. The van der Waals surface area contributed by atoms with Gasteiger partial charge < -0.3 is 10.6 Å². The molecular formula is C17H18N2O2Zn. The zero-order chi connectivity index (χ0) is 15.1. The van der Waals surface area contributed by atoms with Crippen LogP contribution in [-0.2, 0) is 29.1 Å². The van der Waals surface area contributed by atoms with Gasteiger partial charge in [-0.25, -0.2) is 0 Å². The van der Waals surface area contributed by atoms with Crippen molar-refractivity contribution in [2.75, 3.05) is 6.54 Å². The Labute approximate surface area is 143 Å². The average molecular weight is 348 g/mol. The van der Waals surface area contributed by atoms with E-state index in [1.54, 1.807) is 36.7 Å². The molecule has 5 heteroatoms. The molecule has 0 aromatic rings. The molecule has 2 aliphatic rings. The minimum atomic E-state index is -0.00277. The summed E-state index contributed by atoms with van der Waals surface area (Å²) in [5, 5.41) is 6.26. The van der Waals surface area contributed by atoms with Crippen LogP contribution in [0, 0.1) is 0 Å². The Morgan fingerprint density at radius 3 is 1.95 bits per heavy atom. The molecule has 0 saturated carbocycles. The number of nitrogens with one attached hydrogen (secondary N) is 2. The first-order valence-electron chi connectivity index (χ1n) is 6.85. The van der Waals surface area contributed by atoms with Crippen LogP contribution in [0.15, 0.2) is 72.2 Å². The minimum Gasteiger partial charge on any atom is -0.388 e. The summed E-state index contributed by atoms with van der Waals surface area (Å²) in [6.07, 6.45) is 17.1. The zero-order valence-electron chi connectivity index (χ0n) is 12.6. The topological polar surface area (TPSA) is 58.2 Å². The molecule has 0 radical (unpaired) electrons. The molecule has 4 nitrogen and oxygen atoms in total. The summed E-state index contributed by atoms with van der Waals surface area (Å²) in [4.78, 5) is 23.1. The number of ketones is 2. The van der Waals surface area contributed by atoms with Crippen LogP contribution < -0.4 is 10.6 Å². The van der Waals surface area contributed by atoms with Crippen molar-refractivity contribution in [2.24, 2.45) is 0 Å². The maximum Gasteiger partial charge on any atom is 0.187 e. The van der Waals surface area contributed by atoms with Crippen LogP contribution in [0.5, 0.6) is 0 Å². The van der Waals surface area contributed by atoms with Crippen molar-refractivity contribution in [2.45, 2.75) is 13.0 Å². The molecule has 0 spiro atoms. The Bertz CT molecular complexity index is 610. The first-order chi connectivity index (χ1) is 10.2. The van der Waals surface area contributed by atoms with Crippen LogP contribution in [0.2, 0.25) is 0 Å². The maximum absolute atomic E-state index is 11.5. The number of carbonyl (C=O) groups excluding carboxylic acids is 2. The number of hydrogen-bond donors (Lipinski definition) is 2. The molecule has 0 fully saturated rings. The standard InChI is InChI=1S/C17H18N2O2.Zn/c1-13(19-12-15-7-3-5-9-17(15)21)10-18-11-14-6-2-4-8-16(14)20;/h2-9,11-13,18-19H,10H2,1H3;/b14-11-,15-12-;. The van der Waals surface area contributed by atoms with E-state index in [1.165, 1.54) is 12.2 Å². The number of rotatable bonds is 5. The maximum atomic E-state index is 11.5. The van der Waals surface area contributed by atoms with E-state index in [1.807, 2.05) is 19.1 Å². The molecule has 2 N–H and O–H groups in total. The fourth-order valence-corrected chi connectivity index (χ4v) is 1.84. The fourth-order valence-electron chi connectivity index (χ4n) is 1.84. The quantitative estimate of drug-likeness (QED) is 0.587. The van der Waals surface area contributed by atoms with Crippen molar-refractivity contribution >= 4 is 11.6 Å². The third-order valence-corrected chi connectivity index (χ3v) is 3.04. The Morgan fingerprint density at radius 1 is 0.909 bits per heavy atom. The summed E-state index contributed by atoms with van der Waals surface area (Å²) in [6.45, 7) is 2.64. The van der Waals surface area contributed by atoms with E-state index < -0.39 is 0 Å². The summed E-state index contributed by atoms with van der Waals surface area (Å²) in [5.74, 6) is -0.00513. The second kappa shape index (κ2) is 9.11. The molecule has 0 bridgehead atoms. The van der Waals surface area contributed by atoms with Gasteiger partial charge in [0.15, 0.2) is 11.6 Å². The first-order valence-corrected chi connectivity index (χ1v) is 6.85. The van der Waals surface area contributed by atoms with Gasteiger partial charge in [-0.1, -0.05) is 24.3 Å². The Balaban J connectivity index is 0.00000242. The van der Waals surface area contributed by atoms with Crippen LogP contribution >= 0.6 is 0 Å². The summed E-state index contributed by atoms with van der Waals surface area (Å²) in [5.41, 5.74) is 1.27. The van der Waals surface area contributed by atoms with E-state index in [2.05, 4.69) is 10.6 Å². The van der Waals surface area contributed by atoms with E-state index in [4.69, 9.17) is 0 Å². The van der Waals surface area contributed by atoms with Gasteiger partial charge in [-0.05, 0) is 31.2 Å². The Kier molecular flexibility index (Phi) is 7.48. The molecule has 0 aliphatic heterocycles. The summed E-state index contributed by atoms with van der Waals surface area (Å²) in [7, 11) is 0. The largest absolute Gasteiger partial charge is 0.388 e. The van der Waals surface area contributed by atoms with Crippen LogP contribution in [-0.4, -0.2) is 24.2 Å². The van der Waals surface area contributed by atoms with Crippen LogP contribution in [0.25, 0.3) is 0 Å². The van der Waals surface area contributed by atoms with E-state index in [0.717, 1.165) is 0 Å². The third-order valence-electron chi connectivity index (χ3n) is 3.04. The fraction of sp³-hybridized carbons (Fsp3) is 0.176. The molecule has 0 aromatic carbocycles. The van der Waals surface area contributed by atoms with Gasteiger partial charge >= 0.3 is 0 Å². The van der Waals surface area contributed by atoms with E-state index >= 15 is 0 Å². The van der Waals surface area contributed by atoms with E-state index in [9.17, 15) is 9.59 Å². The Hall–Kier alpha value is -2.00. The molecule has 0 amide bonds. The van der Waals surface area contributed by atoms with Crippen LogP contribution in [0.4, 0.5) is 0 Å². The third kappa shape index (κ3) is 5.42. The van der Waals surface area contributed by atoms with Crippen molar-refractivity contribution in [3.05, 3.63) is 72.2 Å². The van der Waals surface area contributed by atoms with Gasteiger partial charge in [0, 0.05) is 55.6 Å². The number of hydrogen-bond acceptors (Lipinski definition) is 4. The van der Waals surface area contributed by atoms with Gasteiger partial charge in [0.05, 0.1) is 0 Å². The Morgan fingerprint density at radius 2 is 1.41 bits per heavy atom. The van der Waals surface area contributed by atoms with Crippen molar-refractivity contribution in [1.29, 1.82) is 0 Å². The molecule has 110 valence electrons. The monoisotopic (exact) mass is 346 g/mol. The summed E-state index contributed by atoms with van der Waals surface area (Å²) in [6, 6.07) is 0.125. The molecule has 1 unspecified atom stereocenters.